The third kappa shape index (κ3) is 3.18. The first-order chi connectivity index (χ1) is 9.54. The Kier molecular flexibility index (Phi) is 6.44. The van der Waals surface area contributed by atoms with Crippen LogP contribution in [0.5, 0.6) is 5.75 Å². The number of hydrogen-bond donors (Lipinski definition) is 1. The summed E-state index contributed by atoms with van der Waals surface area (Å²) in [5.74, 6) is -1.88. The largest absolute Gasteiger partial charge is 0.492 e. The summed E-state index contributed by atoms with van der Waals surface area (Å²) in [6, 6.07) is 2.51. The molecule has 1 N–H and O–H groups in total. The quantitative estimate of drug-likeness (QED) is 0.876. The van der Waals surface area contributed by atoms with E-state index in [-0.39, 0.29) is 40.6 Å². The molecular weight excluding hydrogens is 314 g/mol. The lowest BCUT2D eigenvalue weighted by atomic mass is 10.1. The van der Waals surface area contributed by atoms with Gasteiger partial charge < -0.3 is 14.4 Å². The summed E-state index contributed by atoms with van der Waals surface area (Å²) in [6.45, 7) is 0. The second-order valence-electron chi connectivity index (χ2n) is 4.79. The molecule has 0 aliphatic heterocycles. The summed E-state index contributed by atoms with van der Waals surface area (Å²) in [6.07, 6.45) is 3.03. The van der Waals surface area contributed by atoms with Crippen LogP contribution < -0.4 is 10.2 Å². The van der Waals surface area contributed by atoms with Crippen molar-refractivity contribution in [2.24, 2.45) is 0 Å². The van der Waals surface area contributed by atoms with Crippen molar-refractivity contribution in [3.05, 3.63) is 39.9 Å². The number of halogens is 3. The third-order valence-electron chi connectivity index (χ3n) is 3.47. The van der Waals surface area contributed by atoms with E-state index in [0.717, 1.165) is 18.9 Å². The lowest BCUT2D eigenvalue weighted by molar-refractivity contribution is 0.0695. The maximum Gasteiger partial charge on any atom is 0.341 e. The fraction of sp³-hybridized carbons (Fsp3) is 0.286. The second kappa shape index (κ2) is 7.21. The van der Waals surface area contributed by atoms with Crippen molar-refractivity contribution in [3.63, 3.8) is 0 Å². The van der Waals surface area contributed by atoms with Gasteiger partial charge in [-0.2, -0.15) is 0 Å². The molecule has 1 aliphatic rings. The molecule has 2 aromatic rings. The van der Waals surface area contributed by atoms with E-state index in [4.69, 9.17) is 9.84 Å². The highest BCUT2D eigenvalue weighted by Gasteiger charge is 2.28. The standard InChI is InChI=1S/C14H12FNO4.B.2FH/c1-20-13-10(15)5-4-8-11(13)16(7-2-3-7)6-9(12(8)17)14(18)19;;;/h4-7H,2-3H2,1H3,(H,18,19);;2*1H. The van der Waals surface area contributed by atoms with Crippen LogP contribution in [0.1, 0.15) is 29.2 Å². The first-order valence-corrected chi connectivity index (χ1v) is 6.19. The molecule has 1 aromatic heterocycles. The van der Waals surface area contributed by atoms with Crippen LogP contribution in [-0.2, 0) is 0 Å². The van der Waals surface area contributed by atoms with E-state index in [1.807, 2.05) is 0 Å². The van der Waals surface area contributed by atoms with E-state index in [0.29, 0.717) is 5.52 Å². The zero-order chi connectivity index (χ0) is 14.4. The van der Waals surface area contributed by atoms with Crippen molar-refractivity contribution < 1.29 is 28.4 Å². The van der Waals surface area contributed by atoms with Gasteiger partial charge in [-0.1, -0.05) is 0 Å². The molecule has 3 rings (SSSR count). The molecule has 0 unspecified atom stereocenters. The summed E-state index contributed by atoms with van der Waals surface area (Å²) in [4.78, 5) is 23.3. The van der Waals surface area contributed by atoms with Gasteiger partial charge in [0.05, 0.1) is 18.0 Å². The highest BCUT2D eigenvalue weighted by Crippen LogP contribution is 2.39. The number of fused-ring (bicyclic) bond motifs is 1. The first-order valence-electron chi connectivity index (χ1n) is 6.19. The summed E-state index contributed by atoms with van der Waals surface area (Å²) in [5, 5.41) is 9.28. The number of methoxy groups -OCH3 is 1. The van der Waals surface area contributed by atoms with Gasteiger partial charge >= 0.3 is 5.97 Å². The molecule has 9 heteroatoms. The SMILES string of the molecule is COc1c(F)ccc2c(=O)c(C(=O)O)cn(C3CC3)c12.F.F.[B]. The van der Waals surface area contributed by atoms with Crippen LogP contribution in [0.15, 0.2) is 23.1 Å². The molecule has 23 heavy (non-hydrogen) atoms. The molecule has 5 nitrogen and oxygen atoms in total. The number of ether oxygens (including phenoxy) is 1. The molecule has 0 amide bonds. The van der Waals surface area contributed by atoms with Crippen LogP contribution in [0.4, 0.5) is 13.8 Å². The normalized spacial score (nSPS) is 12.6. The molecule has 0 saturated heterocycles. The monoisotopic (exact) mass is 328 g/mol. The lowest BCUT2D eigenvalue weighted by Gasteiger charge is -2.14. The summed E-state index contributed by atoms with van der Waals surface area (Å²) in [5.41, 5.74) is -0.606. The van der Waals surface area contributed by atoms with Gasteiger partial charge in [0, 0.05) is 20.7 Å². The molecule has 0 bridgehead atoms. The zero-order valence-corrected chi connectivity index (χ0v) is 12.1. The summed E-state index contributed by atoms with van der Waals surface area (Å²) < 4.78 is 20.5. The molecule has 1 aliphatic carbocycles. The Morgan fingerprint density at radius 3 is 2.43 bits per heavy atom. The molecule has 0 spiro atoms. The first kappa shape index (κ1) is 20.6. The Balaban J connectivity index is 0.00000161. The fourth-order valence-corrected chi connectivity index (χ4v) is 2.38. The minimum absolute atomic E-state index is 0. The van der Waals surface area contributed by atoms with Gasteiger partial charge in [0.25, 0.3) is 0 Å². The number of nitrogens with zero attached hydrogens (tertiary/aromatic N) is 1. The molecule has 3 radical (unpaired) electrons. The molecule has 1 fully saturated rings. The van der Waals surface area contributed by atoms with E-state index in [2.05, 4.69) is 0 Å². The van der Waals surface area contributed by atoms with Crippen molar-refractivity contribution in [2.75, 3.05) is 7.11 Å². The zero-order valence-electron chi connectivity index (χ0n) is 12.1. The highest BCUT2D eigenvalue weighted by atomic mass is 19.1. The van der Waals surface area contributed by atoms with Crippen LogP contribution in [0.25, 0.3) is 10.9 Å². The van der Waals surface area contributed by atoms with Gasteiger partial charge in [-0.3, -0.25) is 14.2 Å². The Hall–Kier alpha value is -2.45. The minimum atomic E-state index is -1.28. The molecule has 123 valence electrons. The maximum atomic E-state index is 13.8. The summed E-state index contributed by atoms with van der Waals surface area (Å²) in [7, 11) is 1.32. The van der Waals surface area contributed by atoms with Crippen molar-refractivity contribution >= 4 is 25.3 Å². The van der Waals surface area contributed by atoms with Crippen molar-refractivity contribution in [1.82, 2.24) is 4.57 Å². The van der Waals surface area contributed by atoms with Crippen LogP contribution in [0.3, 0.4) is 0 Å². The minimum Gasteiger partial charge on any atom is -0.492 e. The van der Waals surface area contributed by atoms with Gasteiger partial charge in [0.1, 0.15) is 5.56 Å². The van der Waals surface area contributed by atoms with Crippen molar-refractivity contribution in [2.45, 2.75) is 18.9 Å². The maximum absolute atomic E-state index is 13.8. The molecule has 1 saturated carbocycles. The van der Waals surface area contributed by atoms with Crippen LogP contribution in [0.2, 0.25) is 0 Å². The number of aromatic carboxylic acids is 1. The van der Waals surface area contributed by atoms with Gasteiger partial charge in [0.15, 0.2) is 11.6 Å². The van der Waals surface area contributed by atoms with E-state index in [1.165, 1.54) is 19.4 Å². The average Bonchev–Trinajstić information content (AvgIpc) is 3.23. The topological polar surface area (TPSA) is 68.5 Å². The van der Waals surface area contributed by atoms with Crippen molar-refractivity contribution in [1.29, 1.82) is 0 Å². The van der Waals surface area contributed by atoms with Gasteiger partial charge in [0.2, 0.25) is 5.43 Å². The molecule has 1 aromatic carbocycles. The number of rotatable bonds is 3. The second-order valence-corrected chi connectivity index (χ2v) is 4.79. The highest BCUT2D eigenvalue weighted by molar-refractivity contribution is 5.94. The number of carboxylic acid groups (broad SMARTS) is 1. The number of aromatic nitrogens is 1. The number of carboxylic acids is 1. The predicted octanol–water partition coefficient (Wildman–Crippen LogP) is 2.11. The lowest BCUT2D eigenvalue weighted by Crippen LogP contribution is -2.19. The van der Waals surface area contributed by atoms with E-state index < -0.39 is 17.2 Å². The van der Waals surface area contributed by atoms with Crippen LogP contribution in [-0.4, -0.2) is 31.2 Å². The van der Waals surface area contributed by atoms with E-state index >= 15 is 0 Å². The molecular formula is C14H14BF3NO4. The molecule has 1 heterocycles. The molecule has 0 atom stereocenters. The Labute approximate surface area is 131 Å². The van der Waals surface area contributed by atoms with E-state index in [1.54, 1.807) is 4.57 Å². The number of benzene rings is 1. The van der Waals surface area contributed by atoms with Gasteiger partial charge in [-0.15, -0.1) is 0 Å². The number of carbonyl (C=O) groups is 1. The number of pyridine rings is 1. The Morgan fingerprint density at radius 1 is 1.35 bits per heavy atom. The van der Waals surface area contributed by atoms with Crippen molar-refractivity contribution in [3.8, 4) is 5.75 Å². The Bertz CT molecular complexity index is 790. The third-order valence-corrected chi connectivity index (χ3v) is 3.47. The van der Waals surface area contributed by atoms with E-state index in [9.17, 15) is 14.0 Å². The van der Waals surface area contributed by atoms with Crippen LogP contribution >= 0.6 is 0 Å². The van der Waals surface area contributed by atoms with Gasteiger partial charge in [-0.05, 0) is 25.0 Å². The average molecular weight is 328 g/mol. The predicted molar refractivity (Wildman–Crippen MR) is 80.7 cm³/mol. The summed E-state index contributed by atoms with van der Waals surface area (Å²) >= 11 is 0. The number of hydrogen-bond acceptors (Lipinski definition) is 3. The smallest absolute Gasteiger partial charge is 0.341 e. The fourth-order valence-electron chi connectivity index (χ4n) is 2.38. The Morgan fingerprint density at radius 2 is 1.96 bits per heavy atom. The van der Waals surface area contributed by atoms with Gasteiger partial charge in [-0.25, -0.2) is 9.18 Å². The van der Waals surface area contributed by atoms with Crippen LogP contribution in [0, 0.1) is 5.82 Å².